The molecule has 1 rings (SSSR count). The van der Waals surface area contributed by atoms with Crippen LogP contribution in [0, 0.1) is 0 Å². The molecule has 0 N–H and O–H groups in total. The first-order valence-corrected chi connectivity index (χ1v) is 6.39. The van der Waals surface area contributed by atoms with E-state index in [1.165, 1.54) is 25.5 Å². The summed E-state index contributed by atoms with van der Waals surface area (Å²) < 4.78 is 0. The van der Waals surface area contributed by atoms with E-state index in [9.17, 15) is 0 Å². The Morgan fingerprint density at radius 3 is 1.50 bits per heavy atom. The van der Waals surface area contributed by atoms with E-state index < -0.39 is 0 Å². The summed E-state index contributed by atoms with van der Waals surface area (Å²) in [5.74, 6) is 1.84. The predicted octanol–water partition coefficient (Wildman–Crippen LogP) is 4.22. The van der Waals surface area contributed by atoms with Crippen molar-refractivity contribution in [2.24, 2.45) is 0 Å². The Balaban J connectivity index is 2.87. The molecule has 0 aromatic heterocycles. The van der Waals surface area contributed by atoms with Gasteiger partial charge in [-0.25, -0.2) is 0 Å². The fourth-order valence-electron chi connectivity index (χ4n) is 3.73. The van der Waals surface area contributed by atoms with Crippen LogP contribution in [0.15, 0.2) is 12.0 Å². The smallest absolute Gasteiger partial charge is 0.137 e. The molecular weight excluding hydrogens is 166 g/mol. The summed E-state index contributed by atoms with van der Waals surface area (Å²) in [5.41, 5.74) is 0. The van der Waals surface area contributed by atoms with E-state index in [2.05, 4.69) is 34.3 Å². The van der Waals surface area contributed by atoms with Crippen molar-refractivity contribution in [2.45, 2.75) is 64.8 Å². The Kier molecular flexibility index (Phi) is 4.34. The van der Waals surface area contributed by atoms with Gasteiger partial charge in [0.2, 0.25) is 0 Å². The molecule has 14 heavy (non-hydrogen) atoms. The molecule has 2 unspecified atom stereocenters. The third kappa shape index (κ3) is 1.81. The monoisotopic (exact) mass is 190 g/mol. The van der Waals surface area contributed by atoms with Crippen molar-refractivity contribution in [1.29, 1.82) is 0 Å². The summed E-state index contributed by atoms with van der Waals surface area (Å²) in [6, 6.07) is 0. The largest absolute Gasteiger partial charge is 0.162 e. The van der Waals surface area contributed by atoms with Gasteiger partial charge in [0.25, 0.3) is 0 Å². The molecule has 0 bridgehead atoms. The normalized spacial score (nSPS) is 27.6. The highest BCUT2D eigenvalue weighted by Gasteiger charge is 2.45. The zero-order valence-corrected chi connectivity index (χ0v) is 10.3. The number of hydrogen-bond acceptors (Lipinski definition) is 0. The highest BCUT2D eigenvalue weighted by atomic mass is 14.2. The molecular formula is C12H24B2. The maximum atomic E-state index is 4.36. The second-order valence-corrected chi connectivity index (χ2v) is 4.75. The van der Waals surface area contributed by atoms with Gasteiger partial charge in [0.15, 0.2) is 13.4 Å². The zero-order chi connectivity index (χ0) is 10.7. The van der Waals surface area contributed by atoms with Gasteiger partial charge in [-0.05, 0) is 0 Å². The Morgan fingerprint density at radius 1 is 0.929 bits per heavy atom. The van der Waals surface area contributed by atoms with Crippen LogP contribution in [0.4, 0.5) is 0 Å². The summed E-state index contributed by atoms with van der Waals surface area (Å²) in [6.45, 7) is 15.3. The predicted molar refractivity (Wildman–Crippen MR) is 69.7 cm³/mol. The maximum absolute atomic E-state index is 4.36. The van der Waals surface area contributed by atoms with E-state index in [0.717, 1.165) is 25.1 Å². The van der Waals surface area contributed by atoms with Gasteiger partial charge in [-0.15, -0.1) is 12.0 Å². The van der Waals surface area contributed by atoms with E-state index in [0.29, 0.717) is 0 Å². The van der Waals surface area contributed by atoms with Gasteiger partial charge in [-0.2, -0.15) is 0 Å². The lowest BCUT2D eigenvalue weighted by atomic mass is 9.29. The topological polar surface area (TPSA) is 0 Å². The van der Waals surface area contributed by atoms with Gasteiger partial charge in [-0.3, -0.25) is 0 Å². The standard InChI is InChI=1S/C12H24B2/c1-6-11-12(7-2)14(9-4)10(5)13(11)8-3/h11-12H,5-9H2,1-4H3. The van der Waals surface area contributed by atoms with Crippen LogP contribution in [0.3, 0.4) is 0 Å². The highest BCUT2D eigenvalue weighted by Crippen LogP contribution is 2.48. The Labute approximate surface area is 90.7 Å². The van der Waals surface area contributed by atoms with E-state index in [1.54, 1.807) is 5.37 Å². The summed E-state index contributed by atoms with van der Waals surface area (Å²) in [4.78, 5) is 0. The molecule has 0 spiro atoms. The molecule has 1 fully saturated rings. The number of rotatable bonds is 4. The third-order valence-electron chi connectivity index (χ3n) is 4.36. The first-order chi connectivity index (χ1) is 6.71. The summed E-state index contributed by atoms with van der Waals surface area (Å²) in [6.07, 6.45) is 5.27. The lowest BCUT2D eigenvalue weighted by Crippen LogP contribution is -2.18. The number of hydrogen-bond donors (Lipinski definition) is 0. The van der Waals surface area contributed by atoms with Crippen LogP contribution >= 0.6 is 0 Å². The minimum Gasteiger partial charge on any atom is -0.137 e. The van der Waals surface area contributed by atoms with Crippen LogP contribution in [0.5, 0.6) is 0 Å². The quantitative estimate of drug-likeness (QED) is 0.582. The van der Waals surface area contributed by atoms with E-state index in [1.807, 2.05) is 0 Å². The average Bonchev–Trinajstić information content (AvgIpc) is 2.48. The van der Waals surface area contributed by atoms with Crippen LogP contribution in [0.2, 0.25) is 24.3 Å². The van der Waals surface area contributed by atoms with Crippen LogP contribution in [0.25, 0.3) is 0 Å². The van der Waals surface area contributed by atoms with Crippen molar-refractivity contribution >= 4 is 13.4 Å². The van der Waals surface area contributed by atoms with Crippen molar-refractivity contribution < 1.29 is 0 Å². The lowest BCUT2D eigenvalue weighted by Gasteiger charge is -2.21. The minimum atomic E-state index is 0.815. The lowest BCUT2D eigenvalue weighted by molar-refractivity contribution is 0.681. The van der Waals surface area contributed by atoms with Crippen molar-refractivity contribution in [3.05, 3.63) is 12.0 Å². The molecule has 0 nitrogen and oxygen atoms in total. The van der Waals surface area contributed by atoms with Gasteiger partial charge in [0, 0.05) is 0 Å². The molecule has 2 atom stereocenters. The van der Waals surface area contributed by atoms with Gasteiger partial charge < -0.3 is 0 Å². The van der Waals surface area contributed by atoms with Crippen LogP contribution in [0.1, 0.15) is 40.5 Å². The van der Waals surface area contributed by atoms with Crippen LogP contribution in [-0.4, -0.2) is 13.4 Å². The summed E-state index contributed by atoms with van der Waals surface area (Å²) in [5, 5.41) is 1.56. The molecule has 0 aromatic rings. The fraction of sp³-hybridized carbons (Fsp3) is 0.833. The molecule has 1 saturated heterocycles. The van der Waals surface area contributed by atoms with Gasteiger partial charge >= 0.3 is 0 Å². The second kappa shape index (κ2) is 5.09. The SMILES string of the molecule is C=C1B(CC)C(CC)C(CC)B1CC. The van der Waals surface area contributed by atoms with Crippen molar-refractivity contribution in [2.75, 3.05) is 0 Å². The Morgan fingerprint density at radius 2 is 1.29 bits per heavy atom. The molecule has 2 heteroatoms. The zero-order valence-electron chi connectivity index (χ0n) is 10.3. The fourth-order valence-corrected chi connectivity index (χ4v) is 3.73. The van der Waals surface area contributed by atoms with E-state index in [-0.39, 0.29) is 0 Å². The molecule has 78 valence electrons. The van der Waals surface area contributed by atoms with Crippen LogP contribution < -0.4 is 0 Å². The summed E-state index contributed by atoms with van der Waals surface area (Å²) >= 11 is 0. The molecule has 0 saturated carbocycles. The van der Waals surface area contributed by atoms with Gasteiger partial charge in [0.05, 0.1) is 0 Å². The Bertz CT molecular complexity index is 180. The van der Waals surface area contributed by atoms with Crippen molar-refractivity contribution in [3.8, 4) is 0 Å². The highest BCUT2D eigenvalue weighted by molar-refractivity contribution is 6.95. The summed E-state index contributed by atoms with van der Waals surface area (Å²) in [7, 11) is 0. The van der Waals surface area contributed by atoms with Crippen molar-refractivity contribution in [3.63, 3.8) is 0 Å². The van der Waals surface area contributed by atoms with Crippen molar-refractivity contribution in [1.82, 2.24) is 0 Å². The molecule has 1 aliphatic rings. The van der Waals surface area contributed by atoms with Gasteiger partial charge in [-0.1, -0.05) is 64.8 Å². The Hall–Kier alpha value is -0.130. The molecule has 0 amide bonds. The minimum absolute atomic E-state index is 0.815. The molecule has 0 radical (unpaired) electrons. The first kappa shape index (κ1) is 11.9. The molecule has 1 heterocycles. The second-order valence-electron chi connectivity index (χ2n) is 4.75. The van der Waals surface area contributed by atoms with E-state index in [4.69, 9.17) is 0 Å². The van der Waals surface area contributed by atoms with Gasteiger partial charge in [0.1, 0.15) is 0 Å². The molecule has 0 aliphatic carbocycles. The molecule has 1 aliphatic heterocycles. The maximum Gasteiger partial charge on any atom is 0.162 e. The van der Waals surface area contributed by atoms with Crippen LogP contribution in [-0.2, 0) is 0 Å². The molecule has 0 aromatic carbocycles. The average molecular weight is 190 g/mol. The third-order valence-corrected chi connectivity index (χ3v) is 4.36. The van der Waals surface area contributed by atoms with E-state index >= 15 is 0 Å². The first-order valence-electron chi connectivity index (χ1n) is 6.39.